The first-order chi connectivity index (χ1) is 15.7. The number of Topliss-reactive ketones (excluding diaryl/α,β-unsaturated/α-hetero) is 1. The second-order valence-electron chi connectivity index (χ2n) is 8.94. The third-order valence-electron chi connectivity index (χ3n) is 6.72. The van der Waals surface area contributed by atoms with Crippen molar-refractivity contribution < 1.29 is 4.79 Å². The summed E-state index contributed by atoms with van der Waals surface area (Å²) in [4.78, 5) is 24.7. The van der Waals surface area contributed by atoms with Crippen LogP contribution in [0.4, 0.5) is 0 Å². The zero-order valence-electron chi connectivity index (χ0n) is 18.6. The Hall–Kier alpha value is -3.11. The highest BCUT2D eigenvalue weighted by molar-refractivity contribution is 6.16. The Labute approximate surface area is 190 Å². The first-order valence-corrected chi connectivity index (χ1v) is 11.6. The minimum atomic E-state index is 0.205. The van der Waals surface area contributed by atoms with Gasteiger partial charge in [-0.3, -0.25) is 19.7 Å². The van der Waals surface area contributed by atoms with E-state index in [0.717, 1.165) is 47.5 Å². The largest absolute Gasteiger partial charge is 0.293 e. The summed E-state index contributed by atoms with van der Waals surface area (Å²) in [6.07, 6.45) is 6.36. The van der Waals surface area contributed by atoms with Crippen LogP contribution in [0.15, 0.2) is 71.9 Å². The van der Waals surface area contributed by atoms with Gasteiger partial charge in [0, 0.05) is 34.6 Å². The maximum absolute atomic E-state index is 13.2. The van der Waals surface area contributed by atoms with E-state index in [1.807, 2.05) is 31.3 Å². The molecule has 2 aliphatic rings. The Morgan fingerprint density at radius 3 is 2.81 bits per heavy atom. The molecule has 0 saturated carbocycles. The van der Waals surface area contributed by atoms with Gasteiger partial charge in [-0.2, -0.15) is 0 Å². The molecule has 2 aromatic carbocycles. The van der Waals surface area contributed by atoms with Crippen LogP contribution in [0.2, 0.25) is 0 Å². The van der Waals surface area contributed by atoms with Crippen molar-refractivity contribution in [3.8, 4) is 0 Å². The summed E-state index contributed by atoms with van der Waals surface area (Å²) in [5, 5.41) is 0. The van der Waals surface area contributed by atoms with Gasteiger partial charge in [0.2, 0.25) is 0 Å². The van der Waals surface area contributed by atoms with Gasteiger partial charge >= 0.3 is 0 Å². The van der Waals surface area contributed by atoms with Gasteiger partial charge in [-0.25, -0.2) is 0 Å². The molecule has 0 aliphatic carbocycles. The number of likely N-dealkylation sites (tertiary alicyclic amines) is 1. The quantitative estimate of drug-likeness (QED) is 0.501. The number of rotatable bonds is 7. The van der Waals surface area contributed by atoms with Gasteiger partial charge in [-0.1, -0.05) is 42.5 Å². The zero-order valence-corrected chi connectivity index (χ0v) is 18.6. The van der Waals surface area contributed by atoms with E-state index in [1.165, 1.54) is 24.0 Å². The predicted octanol–water partition coefficient (Wildman–Crippen LogP) is 5.02. The highest BCUT2D eigenvalue weighted by Crippen LogP contribution is 2.26. The van der Waals surface area contributed by atoms with Gasteiger partial charge in [0.15, 0.2) is 5.78 Å². The molecule has 1 aromatic heterocycles. The average Bonchev–Trinajstić information content (AvgIpc) is 3.44. The monoisotopic (exact) mass is 423 g/mol. The van der Waals surface area contributed by atoms with Crippen LogP contribution in [-0.2, 0) is 13.0 Å². The van der Waals surface area contributed by atoms with E-state index >= 15 is 0 Å². The molecule has 3 aromatic rings. The number of nitrogens with zero attached hydrogens (tertiary/aromatic N) is 3. The topological polar surface area (TPSA) is 45.6 Å². The highest BCUT2D eigenvalue weighted by atomic mass is 16.1. The van der Waals surface area contributed by atoms with Crippen LogP contribution >= 0.6 is 0 Å². The number of aromatic nitrogens is 1. The van der Waals surface area contributed by atoms with Crippen LogP contribution in [0.1, 0.15) is 57.6 Å². The second-order valence-corrected chi connectivity index (χ2v) is 8.94. The molecule has 4 heteroatoms. The predicted molar refractivity (Wildman–Crippen MR) is 128 cm³/mol. The van der Waals surface area contributed by atoms with Gasteiger partial charge in [0.1, 0.15) is 0 Å². The summed E-state index contributed by atoms with van der Waals surface area (Å²) in [6, 6.07) is 21.3. The van der Waals surface area contributed by atoms with Crippen molar-refractivity contribution >= 4 is 11.5 Å². The Morgan fingerprint density at radius 2 is 1.97 bits per heavy atom. The number of hydrogen-bond donors (Lipinski definition) is 0. The maximum atomic E-state index is 13.2. The number of carbonyl (C=O) groups excluding carboxylic acids is 1. The average molecular weight is 424 g/mol. The summed E-state index contributed by atoms with van der Waals surface area (Å²) in [7, 11) is 0. The molecule has 1 atom stereocenters. The number of pyridine rings is 1. The van der Waals surface area contributed by atoms with E-state index in [9.17, 15) is 4.79 Å². The number of aliphatic imine (C=N–C) groups is 1. The zero-order chi connectivity index (χ0) is 21.9. The third kappa shape index (κ3) is 4.42. The van der Waals surface area contributed by atoms with Gasteiger partial charge in [0.05, 0.1) is 18.8 Å². The Balaban J connectivity index is 1.28. The number of hydrogen-bond acceptors (Lipinski definition) is 4. The van der Waals surface area contributed by atoms with Crippen molar-refractivity contribution in [2.75, 3.05) is 13.1 Å². The molecule has 3 heterocycles. The molecule has 2 aliphatic heterocycles. The highest BCUT2D eigenvalue weighted by Gasteiger charge is 2.27. The Bertz CT molecular complexity index is 1150. The van der Waals surface area contributed by atoms with Crippen molar-refractivity contribution in [3.63, 3.8) is 0 Å². The SMILES string of the molecule is Cc1cc(C2=NCc3ccc(C(=O)CN4CCCC4CCc4ccccc4)cc32)ccn1. The van der Waals surface area contributed by atoms with E-state index in [4.69, 9.17) is 4.99 Å². The Kier molecular flexibility index (Phi) is 5.95. The molecule has 4 nitrogen and oxygen atoms in total. The van der Waals surface area contributed by atoms with Gasteiger partial charge < -0.3 is 0 Å². The molecule has 0 spiro atoms. The smallest absolute Gasteiger partial charge is 0.176 e. The minimum absolute atomic E-state index is 0.205. The lowest BCUT2D eigenvalue weighted by atomic mass is 9.96. The summed E-state index contributed by atoms with van der Waals surface area (Å²) >= 11 is 0. The molecule has 1 saturated heterocycles. The van der Waals surface area contributed by atoms with Crippen LogP contribution in [0, 0.1) is 6.92 Å². The standard InChI is InChI=1S/C28H29N3O/c1-20-16-23(13-14-29-20)28-26-17-22(10-11-24(26)18-30-28)27(32)19-31-15-5-8-25(31)12-9-21-6-3-2-4-7-21/h2-4,6-7,10-11,13-14,16-17,25H,5,8-9,12,15,18-19H2,1H3. The number of ketones is 1. The number of benzene rings is 2. The number of fused-ring (bicyclic) bond motifs is 1. The molecule has 1 unspecified atom stereocenters. The molecule has 0 amide bonds. The summed E-state index contributed by atoms with van der Waals surface area (Å²) < 4.78 is 0. The first kappa shape index (κ1) is 20.8. The van der Waals surface area contributed by atoms with Crippen LogP contribution in [0.5, 0.6) is 0 Å². The molecule has 0 N–H and O–H groups in total. The molecule has 162 valence electrons. The summed E-state index contributed by atoms with van der Waals surface area (Å²) in [6.45, 7) is 4.18. The van der Waals surface area contributed by atoms with Crippen molar-refractivity contribution in [3.05, 3.63) is 100 Å². The molecule has 5 rings (SSSR count). The van der Waals surface area contributed by atoms with Gasteiger partial charge in [0.25, 0.3) is 0 Å². The third-order valence-corrected chi connectivity index (χ3v) is 6.72. The molecule has 0 bridgehead atoms. The molecule has 0 radical (unpaired) electrons. The lowest BCUT2D eigenvalue weighted by Gasteiger charge is -2.24. The van der Waals surface area contributed by atoms with Gasteiger partial charge in [-0.15, -0.1) is 0 Å². The van der Waals surface area contributed by atoms with Crippen LogP contribution in [0.3, 0.4) is 0 Å². The lowest BCUT2D eigenvalue weighted by Crippen LogP contribution is -2.34. The fraction of sp³-hybridized carbons (Fsp3) is 0.321. The first-order valence-electron chi connectivity index (χ1n) is 11.6. The maximum Gasteiger partial charge on any atom is 0.176 e. The number of carbonyl (C=O) groups is 1. The Morgan fingerprint density at radius 1 is 1.09 bits per heavy atom. The second kappa shape index (κ2) is 9.17. The van der Waals surface area contributed by atoms with Crippen LogP contribution < -0.4 is 0 Å². The summed E-state index contributed by atoms with van der Waals surface area (Å²) in [5.41, 5.74) is 7.46. The van der Waals surface area contributed by atoms with E-state index in [2.05, 4.69) is 52.3 Å². The number of aryl methyl sites for hydroxylation is 2. The van der Waals surface area contributed by atoms with E-state index < -0.39 is 0 Å². The van der Waals surface area contributed by atoms with E-state index in [0.29, 0.717) is 19.1 Å². The minimum Gasteiger partial charge on any atom is -0.293 e. The van der Waals surface area contributed by atoms with Crippen molar-refractivity contribution in [2.24, 2.45) is 4.99 Å². The molecular weight excluding hydrogens is 394 g/mol. The molecule has 32 heavy (non-hydrogen) atoms. The van der Waals surface area contributed by atoms with Crippen molar-refractivity contribution in [1.82, 2.24) is 9.88 Å². The molecular formula is C28H29N3O. The molecule has 1 fully saturated rings. The van der Waals surface area contributed by atoms with Crippen LogP contribution in [0.25, 0.3) is 0 Å². The lowest BCUT2D eigenvalue weighted by molar-refractivity contribution is 0.0918. The van der Waals surface area contributed by atoms with Crippen molar-refractivity contribution in [2.45, 2.75) is 45.2 Å². The van der Waals surface area contributed by atoms with Gasteiger partial charge in [-0.05, 0) is 68.5 Å². The van der Waals surface area contributed by atoms with Crippen molar-refractivity contribution in [1.29, 1.82) is 0 Å². The fourth-order valence-electron chi connectivity index (χ4n) is 4.98. The summed E-state index contributed by atoms with van der Waals surface area (Å²) in [5.74, 6) is 0.205. The van der Waals surface area contributed by atoms with Crippen LogP contribution in [-0.4, -0.2) is 40.5 Å². The normalized spacial score (nSPS) is 17.9. The fourth-order valence-corrected chi connectivity index (χ4v) is 4.98. The van der Waals surface area contributed by atoms with E-state index in [1.54, 1.807) is 0 Å². The van der Waals surface area contributed by atoms with E-state index in [-0.39, 0.29) is 5.78 Å².